The van der Waals surface area contributed by atoms with Gasteiger partial charge >= 0.3 is 0 Å². The normalized spacial score (nSPS) is 15.9. The Morgan fingerprint density at radius 1 is 1.12 bits per heavy atom. The molecule has 5 rings (SSSR count). The summed E-state index contributed by atoms with van der Waals surface area (Å²) < 4.78 is 46.5. The number of aromatic nitrogens is 1. The molecule has 0 fully saturated rings. The molecular weight excluding hydrogens is 455 g/mol. The van der Waals surface area contributed by atoms with Crippen LogP contribution in [0.2, 0.25) is 0 Å². The second-order valence-corrected chi connectivity index (χ2v) is 9.78. The second kappa shape index (κ2) is 8.79. The van der Waals surface area contributed by atoms with E-state index >= 15 is 0 Å². The van der Waals surface area contributed by atoms with Crippen molar-refractivity contribution in [1.82, 2.24) is 9.29 Å². The first-order valence-electron chi connectivity index (χ1n) is 10.7. The highest BCUT2D eigenvalue weighted by Gasteiger charge is 2.22. The standard InChI is InChI=1S/C26H21FN2O4S/c27-21-9-5-18(6-10-21)15-28-26(30)19-7-11-22(12-8-19)34(31,32)29-16-24(20-13-14-33-17-20)23-3-1-2-4-25(23)29/h1-9,11-14,16-17,21H,10,15H2,(H,28,30). The van der Waals surface area contributed by atoms with Crippen molar-refractivity contribution in [3.05, 3.63) is 103 Å². The molecule has 1 N–H and O–H groups in total. The summed E-state index contributed by atoms with van der Waals surface area (Å²) in [6, 6.07) is 14.8. The minimum atomic E-state index is -3.91. The highest BCUT2D eigenvalue weighted by atomic mass is 32.2. The van der Waals surface area contributed by atoms with Crippen LogP contribution in [-0.2, 0) is 10.0 Å². The summed E-state index contributed by atoms with van der Waals surface area (Å²) >= 11 is 0. The molecule has 2 aromatic carbocycles. The van der Waals surface area contributed by atoms with Crippen molar-refractivity contribution in [3.8, 4) is 11.1 Å². The van der Waals surface area contributed by atoms with E-state index in [0.717, 1.165) is 22.1 Å². The lowest BCUT2D eigenvalue weighted by atomic mass is 10.1. The number of nitrogens with zero attached hydrogens (tertiary/aromatic N) is 1. The van der Waals surface area contributed by atoms with Gasteiger partial charge in [-0.05, 0) is 42.0 Å². The summed E-state index contributed by atoms with van der Waals surface area (Å²) in [6.07, 6.45) is 8.87. The average Bonchev–Trinajstić information content (AvgIpc) is 3.52. The van der Waals surface area contributed by atoms with Crippen LogP contribution in [0, 0.1) is 0 Å². The van der Waals surface area contributed by atoms with E-state index in [1.807, 2.05) is 12.1 Å². The number of hydrogen-bond donors (Lipinski definition) is 1. The van der Waals surface area contributed by atoms with Crippen LogP contribution in [0.3, 0.4) is 0 Å². The minimum absolute atomic E-state index is 0.0652. The molecule has 2 heterocycles. The van der Waals surface area contributed by atoms with Gasteiger partial charge in [0.1, 0.15) is 6.17 Å². The Kier molecular flexibility index (Phi) is 5.67. The molecule has 1 atom stereocenters. The van der Waals surface area contributed by atoms with Crippen molar-refractivity contribution in [3.63, 3.8) is 0 Å². The molecule has 0 saturated heterocycles. The number of allylic oxidation sites excluding steroid dienone is 2. The number of fused-ring (bicyclic) bond motifs is 1. The maximum atomic E-state index is 13.5. The van der Waals surface area contributed by atoms with E-state index in [2.05, 4.69) is 5.32 Å². The first kappa shape index (κ1) is 21.9. The Labute approximate surface area is 196 Å². The van der Waals surface area contributed by atoms with Gasteiger partial charge in [0.25, 0.3) is 15.9 Å². The quantitative estimate of drug-likeness (QED) is 0.420. The minimum Gasteiger partial charge on any atom is -0.472 e. The monoisotopic (exact) mass is 476 g/mol. The van der Waals surface area contributed by atoms with E-state index < -0.39 is 16.2 Å². The number of alkyl halides is 1. The second-order valence-electron chi connectivity index (χ2n) is 7.97. The summed E-state index contributed by atoms with van der Waals surface area (Å²) in [6.45, 7) is 0.272. The molecule has 0 spiro atoms. The van der Waals surface area contributed by atoms with Gasteiger partial charge in [-0.1, -0.05) is 36.4 Å². The zero-order chi connectivity index (χ0) is 23.7. The van der Waals surface area contributed by atoms with Crippen LogP contribution in [0.15, 0.2) is 106 Å². The van der Waals surface area contributed by atoms with Gasteiger partial charge in [-0.2, -0.15) is 0 Å². The number of carbonyl (C=O) groups excluding carboxylic acids is 1. The van der Waals surface area contributed by atoms with Crippen LogP contribution in [0.1, 0.15) is 16.8 Å². The van der Waals surface area contributed by atoms with Crippen LogP contribution in [0.25, 0.3) is 22.0 Å². The lowest BCUT2D eigenvalue weighted by Crippen LogP contribution is -2.26. The van der Waals surface area contributed by atoms with Crippen molar-refractivity contribution in [1.29, 1.82) is 0 Å². The van der Waals surface area contributed by atoms with Crippen LogP contribution in [-0.4, -0.2) is 31.0 Å². The van der Waals surface area contributed by atoms with Gasteiger partial charge < -0.3 is 9.73 Å². The van der Waals surface area contributed by atoms with Crippen molar-refractivity contribution >= 4 is 26.8 Å². The summed E-state index contributed by atoms with van der Waals surface area (Å²) in [7, 11) is -3.91. The molecule has 0 saturated carbocycles. The third-order valence-corrected chi connectivity index (χ3v) is 7.45. The average molecular weight is 477 g/mol. The Bertz CT molecular complexity index is 1510. The van der Waals surface area contributed by atoms with Gasteiger partial charge in [0.2, 0.25) is 0 Å². The topological polar surface area (TPSA) is 81.3 Å². The molecule has 4 aromatic rings. The van der Waals surface area contributed by atoms with Crippen LogP contribution in [0.5, 0.6) is 0 Å². The number of nitrogens with one attached hydrogen (secondary N) is 1. The van der Waals surface area contributed by atoms with Crippen LogP contribution in [0.4, 0.5) is 4.39 Å². The fourth-order valence-electron chi connectivity index (χ4n) is 3.94. The maximum Gasteiger partial charge on any atom is 0.268 e. The summed E-state index contributed by atoms with van der Waals surface area (Å²) in [4.78, 5) is 12.6. The van der Waals surface area contributed by atoms with E-state index in [4.69, 9.17) is 4.42 Å². The lowest BCUT2D eigenvalue weighted by Gasteiger charge is -2.11. The van der Waals surface area contributed by atoms with Gasteiger partial charge in [-0.3, -0.25) is 4.79 Å². The zero-order valence-corrected chi connectivity index (χ0v) is 18.8. The van der Waals surface area contributed by atoms with Crippen molar-refractivity contribution in [2.24, 2.45) is 0 Å². The summed E-state index contributed by atoms with van der Waals surface area (Å²) in [5.41, 5.74) is 3.23. The first-order valence-corrected chi connectivity index (χ1v) is 12.2. The van der Waals surface area contributed by atoms with E-state index in [1.165, 1.54) is 34.3 Å². The van der Waals surface area contributed by atoms with Crippen molar-refractivity contribution in [2.45, 2.75) is 17.5 Å². The van der Waals surface area contributed by atoms with Gasteiger partial charge in [-0.25, -0.2) is 16.8 Å². The van der Waals surface area contributed by atoms with Gasteiger partial charge in [0.05, 0.1) is 22.9 Å². The molecular formula is C26H21FN2O4S. The highest BCUT2D eigenvalue weighted by Crippen LogP contribution is 2.33. The first-order chi connectivity index (χ1) is 16.4. The number of halogens is 1. The third-order valence-electron chi connectivity index (χ3n) is 5.76. The maximum absolute atomic E-state index is 13.5. The van der Waals surface area contributed by atoms with Crippen LogP contribution < -0.4 is 5.32 Å². The van der Waals surface area contributed by atoms with Crippen molar-refractivity contribution in [2.75, 3.05) is 6.54 Å². The molecule has 1 aliphatic rings. The number of para-hydroxylation sites is 1. The van der Waals surface area contributed by atoms with E-state index in [9.17, 15) is 17.6 Å². The number of carbonyl (C=O) groups is 1. The smallest absolute Gasteiger partial charge is 0.268 e. The predicted octanol–water partition coefficient (Wildman–Crippen LogP) is 5.09. The Morgan fingerprint density at radius 2 is 1.91 bits per heavy atom. The summed E-state index contributed by atoms with van der Waals surface area (Å²) in [5, 5.41) is 3.56. The number of hydrogen-bond acceptors (Lipinski definition) is 4. The Morgan fingerprint density at radius 3 is 2.62 bits per heavy atom. The molecule has 0 bridgehead atoms. The fraction of sp³-hybridized carbons (Fsp3) is 0.115. The lowest BCUT2D eigenvalue weighted by molar-refractivity contribution is 0.0957. The van der Waals surface area contributed by atoms with Gasteiger partial charge in [-0.15, -0.1) is 0 Å². The fourth-order valence-corrected chi connectivity index (χ4v) is 5.31. The molecule has 0 radical (unpaired) electrons. The van der Waals surface area contributed by atoms with Crippen molar-refractivity contribution < 1.29 is 22.0 Å². The molecule has 1 unspecified atom stereocenters. The Balaban J connectivity index is 1.40. The van der Waals surface area contributed by atoms with E-state index in [1.54, 1.807) is 49.1 Å². The van der Waals surface area contributed by atoms with Crippen LogP contribution >= 0.6 is 0 Å². The molecule has 34 heavy (non-hydrogen) atoms. The summed E-state index contributed by atoms with van der Waals surface area (Å²) in [5.74, 6) is -0.339. The molecule has 1 amide bonds. The molecule has 6 nitrogen and oxygen atoms in total. The third kappa shape index (κ3) is 4.08. The zero-order valence-electron chi connectivity index (χ0n) is 18.0. The largest absolute Gasteiger partial charge is 0.472 e. The molecule has 8 heteroatoms. The predicted molar refractivity (Wildman–Crippen MR) is 128 cm³/mol. The number of rotatable bonds is 6. The van der Waals surface area contributed by atoms with Gasteiger partial charge in [0, 0.05) is 41.2 Å². The molecule has 0 aliphatic heterocycles. The number of amides is 1. The van der Waals surface area contributed by atoms with Gasteiger partial charge in [0.15, 0.2) is 0 Å². The van der Waals surface area contributed by atoms with E-state index in [0.29, 0.717) is 17.5 Å². The SMILES string of the molecule is O=C(NCC1=CCC(F)C=C1)c1ccc(S(=O)(=O)n2cc(-c3ccoc3)c3ccccc32)cc1. The highest BCUT2D eigenvalue weighted by molar-refractivity contribution is 7.90. The Hall–Kier alpha value is -3.91. The molecule has 172 valence electrons. The number of benzene rings is 2. The number of furan rings is 1. The molecule has 1 aliphatic carbocycles. The van der Waals surface area contributed by atoms with E-state index in [-0.39, 0.29) is 17.3 Å². The molecule has 2 aromatic heterocycles.